The quantitative estimate of drug-likeness (QED) is 0.918. The molecule has 3 heterocycles. The molecule has 0 atom stereocenters. The van der Waals surface area contributed by atoms with Gasteiger partial charge in [0.25, 0.3) is 0 Å². The number of likely N-dealkylation sites (tertiary alicyclic amines) is 2. The Balaban J connectivity index is 1.28. The molecule has 138 valence electrons. The van der Waals surface area contributed by atoms with Crippen LogP contribution in [0.25, 0.3) is 0 Å². The maximum Gasteiger partial charge on any atom is 0.344 e. The smallest absolute Gasteiger partial charge is 0.344 e. The van der Waals surface area contributed by atoms with E-state index in [2.05, 4.69) is 22.1 Å². The average Bonchev–Trinajstić information content (AvgIpc) is 3.07. The zero-order valence-corrected chi connectivity index (χ0v) is 15.3. The van der Waals surface area contributed by atoms with E-state index in [9.17, 15) is 9.90 Å². The fourth-order valence-corrected chi connectivity index (χ4v) is 4.25. The molecule has 2 aromatic rings. The maximum atomic E-state index is 12.5. The number of aryl methyl sites for hydroxylation is 1. The van der Waals surface area contributed by atoms with Gasteiger partial charge in [0, 0.05) is 38.9 Å². The molecule has 0 saturated carbocycles. The van der Waals surface area contributed by atoms with Gasteiger partial charge in [-0.05, 0) is 41.9 Å². The van der Waals surface area contributed by atoms with Crippen LogP contribution >= 0.6 is 0 Å². The van der Waals surface area contributed by atoms with E-state index in [0.29, 0.717) is 5.41 Å². The third-order valence-electron chi connectivity index (χ3n) is 5.70. The minimum atomic E-state index is -0.00931. The molecule has 26 heavy (non-hydrogen) atoms. The lowest BCUT2D eigenvalue weighted by molar-refractivity contribution is -0.0443. The highest BCUT2D eigenvalue weighted by Crippen LogP contribution is 2.41. The minimum absolute atomic E-state index is 0.00931. The van der Waals surface area contributed by atoms with Crippen molar-refractivity contribution in [3.63, 3.8) is 0 Å². The standard InChI is InChI=1S/C20H26N4O2/c1-16-10-21-24(11-16)19(26)23-7-5-20(6-8-23)14-22(15-20)12-17-3-2-4-18(9-17)13-25/h2-4,9-11,25H,5-8,12-15H2,1H3. The van der Waals surface area contributed by atoms with Gasteiger partial charge in [-0.15, -0.1) is 0 Å². The van der Waals surface area contributed by atoms with E-state index in [1.54, 1.807) is 12.4 Å². The van der Waals surface area contributed by atoms with E-state index in [4.69, 9.17) is 0 Å². The Kier molecular flexibility index (Phi) is 4.54. The predicted octanol–water partition coefficient (Wildman–Crippen LogP) is 2.25. The number of aromatic nitrogens is 2. The summed E-state index contributed by atoms with van der Waals surface area (Å²) >= 11 is 0. The summed E-state index contributed by atoms with van der Waals surface area (Å²) in [5, 5.41) is 13.4. The first-order chi connectivity index (χ1) is 12.6. The van der Waals surface area contributed by atoms with Crippen molar-refractivity contribution in [2.24, 2.45) is 5.41 Å². The third-order valence-corrected chi connectivity index (χ3v) is 5.70. The maximum absolute atomic E-state index is 12.5. The second-order valence-corrected chi connectivity index (χ2v) is 7.86. The largest absolute Gasteiger partial charge is 0.392 e. The van der Waals surface area contributed by atoms with Gasteiger partial charge in [0.1, 0.15) is 0 Å². The van der Waals surface area contributed by atoms with Crippen molar-refractivity contribution >= 4 is 6.03 Å². The van der Waals surface area contributed by atoms with Gasteiger partial charge >= 0.3 is 6.03 Å². The van der Waals surface area contributed by atoms with Crippen LogP contribution in [0.4, 0.5) is 4.79 Å². The molecule has 1 amide bonds. The van der Waals surface area contributed by atoms with Gasteiger partial charge in [-0.2, -0.15) is 9.78 Å². The molecule has 1 aromatic carbocycles. The fourth-order valence-electron chi connectivity index (χ4n) is 4.25. The number of rotatable bonds is 3. The number of hydrogen-bond donors (Lipinski definition) is 1. The van der Waals surface area contributed by atoms with Crippen LogP contribution in [0.3, 0.4) is 0 Å². The van der Waals surface area contributed by atoms with Gasteiger partial charge in [-0.1, -0.05) is 24.3 Å². The number of aliphatic hydroxyl groups excluding tert-OH is 1. The SMILES string of the molecule is Cc1cnn(C(=O)N2CCC3(CC2)CN(Cc2cccc(CO)c2)C3)c1. The fraction of sp³-hybridized carbons (Fsp3) is 0.500. The van der Waals surface area contributed by atoms with E-state index in [1.165, 1.54) is 10.2 Å². The number of carbonyl (C=O) groups excluding carboxylic acids is 1. The van der Waals surface area contributed by atoms with Gasteiger partial charge in [-0.25, -0.2) is 4.79 Å². The first-order valence-electron chi connectivity index (χ1n) is 9.29. The van der Waals surface area contributed by atoms with Crippen molar-refractivity contribution in [3.8, 4) is 0 Å². The lowest BCUT2D eigenvalue weighted by Gasteiger charge is -2.54. The summed E-state index contributed by atoms with van der Waals surface area (Å²) < 4.78 is 1.45. The predicted molar refractivity (Wildman–Crippen MR) is 98.6 cm³/mol. The molecule has 0 unspecified atom stereocenters. The zero-order valence-electron chi connectivity index (χ0n) is 15.3. The summed E-state index contributed by atoms with van der Waals surface area (Å²) in [5.74, 6) is 0. The van der Waals surface area contributed by atoms with Gasteiger partial charge in [-0.3, -0.25) is 4.90 Å². The number of carbonyl (C=O) groups is 1. The van der Waals surface area contributed by atoms with Gasteiger partial charge in [0.05, 0.1) is 12.8 Å². The van der Waals surface area contributed by atoms with Crippen molar-refractivity contribution in [2.75, 3.05) is 26.2 Å². The number of nitrogens with zero attached hydrogens (tertiary/aromatic N) is 4. The Hall–Kier alpha value is -2.18. The van der Waals surface area contributed by atoms with Crippen LogP contribution in [0.15, 0.2) is 36.7 Å². The van der Waals surface area contributed by atoms with Crippen LogP contribution in [0.1, 0.15) is 29.5 Å². The summed E-state index contributed by atoms with van der Waals surface area (Å²) in [7, 11) is 0. The van der Waals surface area contributed by atoms with E-state index in [0.717, 1.165) is 56.7 Å². The molecule has 0 aliphatic carbocycles. The van der Waals surface area contributed by atoms with Crippen molar-refractivity contribution in [1.29, 1.82) is 0 Å². The Morgan fingerprint density at radius 3 is 2.62 bits per heavy atom. The van der Waals surface area contributed by atoms with Crippen molar-refractivity contribution in [1.82, 2.24) is 19.6 Å². The minimum Gasteiger partial charge on any atom is -0.392 e. The first-order valence-corrected chi connectivity index (χ1v) is 9.29. The molecular formula is C20H26N4O2. The Morgan fingerprint density at radius 2 is 1.96 bits per heavy atom. The van der Waals surface area contributed by atoms with Crippen LogP contribution in [0, 0.1) is 12.3 Å². The zero-order chi connectivity index (χ0) is 18.1. The molecule has 1 N–H and O–H groups in total. The van der Waals surface area contributed by atoms with Crippen LogP contribution in [-0.2, 0) is 13.2 Å². The Morgan fingerprint density at radius 1 is 1.23 bits per heavy atom. The van der Waals surface area contributed by atoms with Gasteiger partial charge in [0.15, 0.2) is 0 Å². The second-order valence-electron chi connectivity index (χ2n) is 7.86. The van der Waals surface area contributed by atoms with Crippen LogP contribution in [0.5, 0.6) is 0 Å². The lowest BCUT2D eigenvalue weighted by atomic mass is 9.72. The first kappa shape index (κ1) is 17.2. The third kappa shape index (κ3) is 3.39. The topological polar surface area (TPSA) is 61.6 Å². The highest BCUT2D eigenvalue weighted by Gasteiger charge is 2.45. The molecule has 2 saturated heterocycles. The van der Waals surface area contributed by atoms with Crippen molar-refractivity contribution in [2.45, 2.75) is 32.9 Å². The summed E-state index contributed by atoms with van der Waals surface area (Å²) in [6, 6.07) is 8.16. The average molecular weight is 354 g/mol. The molecule has 0 radical (unpaired) electrons. The summed E-state index contributed by atoms with van der Waals surface area (Å²) in [6.07, 6.45) is 5.63. The van der Waals surface area contributed by atoms with Crippen molar-refractivity contribution in [3.05, 3.63) is 53.3 Å². The lowest BCUT2D eigenvalue weighted by Crippen LogP contribution is -2.60. The molecule has 6 nitrogen and oxygen atoms in total. The molecule has 1 aromatic heterocycles. The molecule has 6 heteroatoms. The normalized spacial score (nSPS) is 19.5. The van der Waals surface area contributed by atoms with Crippen LogP contribution < -0.4 is 0 Å². The molecule has 1 spiro atoms. The summed E-state index contributed by atoms with van der Waals surface area (Å²) in [6.45, 7) is 6.79. The van der Waals surface area contributed by atoms with Gasteiger partial charge < -0.3 is 10.0 Å². The number of piperidine rings is 1. The second kappa shape index (κ2) is 6.85. The van der Waals surface area contributed by atoms with E-state index in [1.807, 2.05) is 24.0 Å². The number of hydrogen-bond acceptors (Lipinski definition) is 4. The highest BCUT2D eigenvalue weighted by molar-refractivity contribution is 5.76. The molecular weight excluding hydrogens is 328 g/mol. The number of benzene rings is 1. The number of amides is 1. The molecule has 2 aliphatic rings. The molecule has 2 fully saturated rings. The van der Waals surface area contributed by atoms with Crippen LogP contribution in [0.2, 0.25) is 0 Å². The van der Waals surface area contributed by atoms with Crippen LogP contribution in [-0.4, -0.2) is 56.9 Å². The monoisotopic (exact) mass is 354 g/mol. The Bertz CT molecular complexity index is 785. The Labute approximate surface area is 154 Å². The van der Waals surface area contributed by atoms with Gasteiger partial charge in [0.2, 0.25) is 0 Å². The van der Waals surface area contributed by atoms with E-state index in [-0.39, 0.29) is 12.6 Å². The number of aliphatic hydroxyl groups is 1. The molecule has 2 aliphatic heterocycles. The van der Waals surface area contributed by atoms with E-state index >= 15 is 0 Å². The van der Waals surface area contributed by atoms with Crippen molar-refractivity contribution < 1.29 is 9.90 Å². The van der Waals surface area contributed by atoms with E-state index < -0.39 is 0 Å². The highest BCUT2D eigenvalue weighted by atomic mass is 16.3. The summed E-state index contributed by atoms with van der Waals surface area (Å²) in [5.41, 5.74) is 3.60. The molecule has 0 bridgehead atoms. The molecule has 4 rings (SSSR count). The summed E-state index contributed by atoms with van der Waals surface area (Å²) in [4.78, 5) is 16.9.